The lowest BCUT2D eigenvalue weighted by molar-refractivity contribution is -0.0108. The first kappa shape index (κ1) is 13.1. The van der Waals surface area contributed by atoms with Crippen molar-refractivity contribution in [1.29, 1.82) is 0 Å². The lowest BCUT2D eigenvalue weighted by atomic mass is 10.2. The Kier molecular flexibility index (Phi) is 4.64. The van der Waals surface area contributed by atoms with Gasteiger partial charge in [0.2, 0.25) is 0 Å². The topological polar surface area (TPSA) is 29.5 Å². The maximum absolute atomic E-state index is 12.2. The van der Waals surface area contributed by atoms with Gasteiger partial charge in [-0.2, -0.15) is 0 Å². The first-order valence-corrected chi connectivity index (χ1v) is 7.04. The molecule has 1 aromatic carbocycles. The van der Waals surface area contributed by atoms with E-state index in [0.29, 0.717) is 25.6 Å². The molecular formula is C12H13ClINO2. The molecule has 0 saturated carbocycles. The van der Waals surface area contributed by atoms with Crippen LogP contribution in [-0.2, 0) is 4.74 Å². The molecule has 5 heteroatoms. The van der Waals surface area contributed by atoms with Crippen LogP contribution >= 0.6 is 34.2 Å². The highest BCUT2D eigenvalue weighted by Gasteiger charge is 2.24. The molecule has 1 heterocycles. The zero-order valence-electron chi connectivity index (χ0n) is 9.23. The summed E-state index contributed by atoms with van der Waals surface area (Å²) in [5.41, 5.74) is 0.729. The molecule has 92 valence electrons. The van der Waals surface area contributed by atoms with E-state index in [-0.39, 0.29) is 12.0 Å². The molecule has 1 aromatic rings. The van der Waals surface area contributed by atoms with Gasteiger partial charge in [0.15, 0.2) is 0 Å². The Labute approximate surface area is 119 Å². The normalized spacial score (nSPS) is 20.4. The Morgan fingerprint density at radius 3 is 3.12 bits per heavy atom. The Morgan fingerprint density at radius 1 is 1.59 bits per heavy atom. The van der Waals surface area contributed by atoms with Gasteiger partial charge in [0.1, 0.15) is 0 Å². The van der Waals surface area contributed by atoms with Crippen LogP contribution in [0, 0.1) is 3.57 Å². The number of carbonyl (C=O) groups excluding carboxylic acids is 1. The van der Waals surface area contributed by atoms with E-state index in [1.807, 2.05) is 29.2 Å². The third kappa shape index (κ3) is 3.33. The lowest BCUT2D eigenvalue weighted by Gasteiger charge is -2.32. The summed E-state index contributed by atoms with van der Waals surface area (Å²) in [4.78, 5) is 14.0. The number of hydrogen-bond acceptors (Lipinski definition) is 2. The standard InChI is InChI=1S/C12H13ClINO2/c13-7-11-8-15(4-5-17-11)12(16)9-2-1-3-10(14)6-9/h1-3,6,11H,4-5,7-8H2. The highest BCUT2D eigenvalue weighted by atomic mass is 127. The zero-order valence-corrected chi connectivity index (χ0v) is 12.1. The fraction of sp³-hybridized carbons (Fsp3) is 0.417. The van der Waals surface area contributed by atoms with Crippen molar-refractivity contribution >= 4 is 40.1 Å². The number of hydrogen-bond donors (Lipinski definition) is 0. The van der Waals surface area contributed by atoms with Gasteiger partial charge >= 0.3 is 0 Å². The van der Waals surface area contributed by atoms with Crippen molar-refractivity contribution in [2.75, 3.05) is 25.6 Å². The summed E-state index contributed by atoms with van der Waals surface area (Å²) in [6.45, 7) is 1.78. The maximum atomic E-state index is 12.2. The smallest absolute Gasteiger partial charge is 0.254 e. The van der Waals surface area contributed by atoms with Crippen LogP contribution in [0.3, 0.4) is 0 Å². The molecule has 1 saturated heterocycles. The predicted molar refractivity (Wildman–Crippen MR) is 75.5 cm³/mol. The van der Waals surface area contributed by atoms with Crippen molar-refractivity contribution < 1.29 is 9.53 Å². The number of amides is 1. The fourth-order valence-corrected chi connectivity index (χ4v) is 2.53. The van der Waals surface area contributed by atoms with Crippen molar-refractivity contribution in [3.05, 3.63) is 33.4 Å². The molecule has 0 bridgehead atoms. The zero-order chi connectivity index (χ0) is 12.3. The molecule has 1 fully saturated rings. The summed E-state index contributed by atoms with van der Waals surface area (Å²) in [6, 6.07) is 7.61. The molecule has 0 aromatic heterocycles. The number of carbonyl (C=O) groups is 1. The van der Waals surface area contributed by atoms with E-state index in [1.54, 1.807) is 0 Å². The number of nitrogens with zero attached hydrogens (tertiary/aromatic N) is 1. The Bertz CT molecular complexity index is 413. The van der Waals surface area contributed by atoms with E-state index in [2.05, 4.69) is 22.6 Å². The third-order valence-electron chi connectivity index (χ3n) is 2.67. The second-order valence-corrected chi connectivity index (χ2v) is 5.46. The average Bonchev–Trinajstić information content (AvgIpc) is 2.38. The van der Waals surface area contributed by atoms with Gasteiger partial charge in [-0.3, -0.25) is 4.79 Å². The molecule has 0 aliphatic carbocycles. The van der Waals surface area contributed by atoms with Crippen LogP contribution in [-0.4, -0.2) is 42.5 Å². The molecule has 1 aliphatic heterocycles. The minimum atomic E-state index is -0.0443. The summed E-state index contributed by atoms with van der Waals surface area (Å²) in [5, 5.41) is 0. The Hall–Kier alpha value is -0.330. The van der Waals surface area contributed by atoms with Crippen LogP contribution in [0.15, 0.2) is 24.3 Å². The van der Waals surface area contributed by atoms with E-state index < -0.39 is 0 Å². The quantitative estimate of drug-likeness (QED) is 0.595. The molecule has 1 aliphatic rings. The number of ether oxygens (including phenoxy) is 1. The van der Waals surface area contributed by atoms with E-state index in [1.165, 1.54) is 0 Å². The van der Waals surface area contributed by atoms with E-state index in [0.717, 1.165) is 9.13 Å². The van der Waals surface area contributed by atoms with Gasteiger partial charge in [-0.1, -0.05) is 6.07 Å². The van der Waals surface area contributed by atoms with Crippen molar-refractivity contribution in [2.45, 2.75) is 6.10 Å². The fourth-order valence-electron chi connectivity index (χ4n) is 1.80. The van der Waals surface area contributed by atoms with Crippen LogP contribution in [0.4, 0.5) is 0 Å². The van der Waals surface area contributed by atoms with Crippen molar-refractivity contribution in [3.8, 4) is 0 Å². The van der Waals surface area contributed by atoms with Crippen LogP contribution in [0.25, 0.3) is 0 Å². The monoisotopic (exact) mass is 365 g/mol. The summed E-state index contributed by atoms with van der Waals surface area (Å²) < 4.78 is 6.51. The number of morpholine rings is 1. The molecule has 3 nitrogen and oxygen atoms in total. The molecular weight excluding hydrogens is 352 g/mol. The second kappa shape index (κ2) is 6.02. The number of rotatable bonds is 2. The van der Waals surface area contributed by atoms with Crippen LogP contribution in [0.5, 0.6) is 0 Å². The van der Waals surface area contributed by atoms with Crippen LogP contribution in [0.2, 0.25) is 0 Å². The summed E-state index contributed by atoms with van der Waals surface area (Å²) in [7, 11) is 0. The van der Waals surface area contributed by atoms with Gasteiger partial charge in [-0.25, -0.2) is 0 Å². The lowest BCUT2D eigenvalue weighted by Crippen LogP contribution is -2.46. The van der Waals surface area contributed by atoms with E-state index in [9.17, 15) is 4.79 Å². The summed E-state index contributed by atoms with van der Waals surface area (Å²) >= 11 is 7.96. The Morgan fingerprint density at radius 2 is 2.41 bits per heavy atom. The number of halogens is 2. The molecule has 1 unspecified atom stereocenters. The first-order chi connectivity index (χ1) is 8.20. The highest BCUT2D eigenvalue weighted by molar-refractivity contribution is 14.1. The predicted octanol–water partition coefficient (Wildman–Crippen LogP) is 2.37. The minimum Gasteiger partial charge on any atom is -0.373 e. The second-order valence-electron chi connectivity index (χ2n) is 3.91. The molecule has 2 rings (SSSR count). The van der Waals surface area contributed by atoms with Crippen molar-refractivity contribution in [3.63, 3.8) is 0 Å². The molecule has 1 atom stereocenters. The van der Waals surface area contributed by atoms with Gasteiger partial charge in [-0.15, -0.1) is 11.6 Å². The van der Waals surface area contributed by atoms with Crippen LogP contribution < -0.4 is 0 Å². The van der Waals surface area contributed by atoms with Gasteiger partial charge < -0.3 is 9.64 Å². The first-order valence-electron chi connectivity index (χ1n) is 5.43. The number of benzene rings is 1. The van der Waals surface area contributed by atoms with Crippen molar-refractivity contribution in [1.82, 2.24) is 4.90 Å². The van der Waals surface area contributed by atoms with Gasteiger partial charge in [0, 0.05) is 22.2 Å². The SMILES string of the molecule is O=C(c1cccc(I)c1)N1CCOC(CCl)C1. The van der Waals surface area contributed by atoms with Crippen LogP contribution in [0.1, 0.15) is 10.4 Å². The molecule has 0 spiro atoms. The number of alkyl halides is 1. The molecule has 1 amide bonds. The largest absolute Gasteiger partial charge is 0.373 e. The maximum Gasteiger partial charge on any atom is 0.254 e. The Balaban J connectivity index is 2.09. The van der Waals surface area contributed by atoms with Gasteiger partial charge in [-0.05, 0) is 40.8 Å². The highest BCUT2D eigenvalue weighted by Crippen LogP contribution is 2.13. The molecule has 17 heavy (non-hydrogen) atoms. The van der Waals surface area contributed by atoms with E-state index >= 15 is 0 Å². The van der Waals surface area contributed by atoms with Gasteiger partial charge in [0.05, 0.1) is 18.6 Å². The average molecular weight is 366 g/mol. The molecule has 0 N–H and O–H groups in total. The van der Waals surface area contributed by atoms with Crippen molar-refractivity contribution in [2.24, 2.45) is 0 Å². The van der Waals surface area contributed by atoms with Gasteiger partial charge in [0.25, 0.3) is 5.91 Å². The minimum absolute atomic E-state index is 0.0443. The van der Waals surface area contributed by atoms with E-state index in [4.69, 9.17) is 16.3 Å². The summed E-state index contributed by atoms with van der Waals surface area (Å²) in [6.07, 6.45) is -0.0443. The molecule has 0 radical (unpaired) electrons. The third-order valence-corrected chi connectivity index (χ3v) is 3.68. The summed E-state index contributed by atoms with van der Waals surface area (Å²) in [5.74, 6) is 0.484.